The quantitative estimate of drug-likeness (QED) is 0.677. The van der Waals surface area contributed by atoms with Gasteiger partial charge in [-0.2, -0.15) is 0 Å². The zero-order valence-electron chi connectivity index (χ0n) is 5.85. The highest BCUT2D eigenvalue weighted by atomic mass is 35.6. The van der Waals surface area contributed by atoms with Crippen molar-refractivity contribution in [3.8, 4) is 0 Å². The molecule has 0 aromatic carbocycles. The molecule has 0 radical (unpaired) electrons. The Bertz CT molecular complexity index is 186. The van der Waals surface area contributed by atoms with Gasteiger partial charge >= 0.3 is 0 Å². The highest BCUT2D eigenvalue weighted by Gasteiger charge is 2.68. The first-order chi connectivity index (χ1) is 5.75. The second-order valence-electron chi connectivity index (χ2n) is 2.19. The van der Waals surface area contributed by atoms with E-state index in [0.717, 1.165) is 0 Å². The molecule has 0 rings (SSSR count). The molecule has 0 aliphatic heterocycles. The minimum Gasteiger partial charge on any atom is -0.360 e. The van der Waals surface area contributed by atoms with Crippen molar-refractivity contribution >= 4 is 104 Å². The van der Waals surface area contributed by atoms with E-state index in [4.69, 9.17) is 110 Å². The number of rotatable bonds is 2. The van der Waals surface area contributed by atoms with Crippen LogP contribution in [0.5, 0.6) is 0 Å². The fraction of sp³-hybridized carbons (Fsp3) is 1.00. The highest BCUT2D eigenvalue weighted by Crippen LogP contribution is 2.61. The molecule has 0 aliphatic rings. The summed E-state index contributed by atoms with van der Waals surface area (Å²) in [4.78, 5) is 0. The Kier molecular flexibility index (Phi) is 5.54. The van der Waals surface area contributed by atoms with Gasteiger partial charge in [-0.1, -0.05) is 104 Å². The Balaban J connectivity index is 5.30. The zero-order valence-corrected chi connectivity index (χ0v) is 12.7. The van der Waals surface area contributed by atoms with E-state index in [1.165, 1.54) is 0 Å². The Morgan fingerprint density at radius 3 is 0.929 bits per heavy atom. The molecule has 10 heteroatoms. The van der Waals surface area contributed by atoms with E-state index in [1.54, 1.807) is 0 Å². The van der Waals surface area contributed by atoms with Gasteiger partial charge in [0.25, 0.3) is 4.52 Å². The van der Waals surface area contributed by atoms with Gasteiger partial charge in [-0.3, -0.25) is 0 Å². The maximum absolute atomic E-state index is 9.17. The summed E-state index contributed by atoms with van der Waals surface area (Å²) in [6.07, 6.45) is 0. The van der Waals surface area contributed by atoms with Gasteiger partial charge in [0.2, 0.25) is 12.5 Å². The minimum atomic E-state index is -2.70. The average molecular weight is 384 g/mol. The Morgan fingerprint density at radius 1 is 0.571 bits per heavy atom. The van der Waals surface area contributed by atoms with Crippen molar-refractivity contribution in [3.05, 3.63) is 0 Å². The molecule has 14 heavy (non-hydrogen) atoms. The van der Waals surface area contributed by atoms with Crippen molar-refractivity contribution in [2.75, 3.05) is 0 Å². The molecule has 0 atom stereocenters. The Morgan fingerprint density at radius 2 is 0.857 bits per heavy atom. The summed E-state index contributed by atoms with van der Waals surface area (Å²) in [5, 5.41) is 9.17. The summed E-state index contributed by atoms with van der Waals surface area (Å²) < 4.78 is -9.95. The lowest BCUT2D eigenvalue weighted by Crippen LogP contribution is -2.56. The lowest BCUT2D eigenvalue weighted by atomic mass is 10.3. The van der Waals surface area contributed by atoms with Crippen molar-refractivity contribution in [1.82, 2.24) is 0 Å². The van der Waals surface area contributed by atoms with E-state index in [2.05, 4.69) is 0 Å². The monoisotopic (exact) mass is 380 g/mol. The Hall–Kier alpha value is 2.57. The third-order valence-electron chi connectivity index (χ3n) is 1.13. The number of halogens is 9. The van der Waals surface area contributed by atoms with Crippen molar-refractivity contribution < 1.29 is 5.11 Å². The van der Waals surface area contributed by atoms with Crippen molar-refractivity contribution in [2.24, 2.45) is 0 Å². The molecular formula is C4HCl9O. The van der Waals surface area contributed by atoms with Gasteiger partial charge in [0.05, 0.1) is 0 Å². The van der Waals surface area contributed by atoms with Crippen LogP contribution in [0, 0.1) is 0 Å². The number of hydrogen-bond acceptors (Lipinski definition) is 1. The summed E-state index contributed by atoms with van der Waals surface area (Å²) in [5.74, 6) is 0. The van der Waals surface area contributed by atoms with Crippen LogP contribution in [0.1, 0.15) is 0 Å². The smallest absolute Gasteiger partial charge is 0.251 e. The maximum Gasteiger partial charge on any atom is 0.251 e. The summed E-state index contributed by atoms with van der Waals surface area (Å²) in [7, 11) is 0. The molecular weight excluding hydrogens is 383 g/mol. The fourth-order valence-corrected chi connectivity index (χ4v) is 2.12. The first-order valence-electron chi connectivity index (χ1n) is 2.67. The maximum atomic E-state index is 9.17. The van der Waals surface area contributed by atoms with Crippen molar-refractivity contribution in [1.29, 1.82) is 0 Å². The van der Waals surface area contributed by atoms with Crippen molar-refractivity contribution in [3.63, 3.8) is 0 Å². The van der Waals surface area contributed by atoms with Crippen LogP contribution in [-0.4, -0.2) is 22.1 Å². The summed E-state index contributed by atoms with van der Waals surface area (Å²) >= 11 is 48.8. The van der Waals surface area contributed by atoms with Crippen LogP contribution in [0.15, 0.2) is 0 Å². The minimum absolute atomic E-state index is 2.31. The predicted molar refractivity (Wildman–Crippen MR) is 65.8 cm³/mol. The molecule has 0 aromatic rings. The van der Waals surface area contributed by atoms with E-state index in [1.807, 2.05) is 0 Å². The van der Waals surface area contributed by atoms with E-state index in [9.17, 15) is 0 Å². The molecule has 86 valence electrons. The fourth-order valence-electron chi connectivity index (χ4n) is 0.367. The highest BCUT2D eigenvalue weighted by molar-refractivity contribution is 6.80. The molecule has 0 heterocycles. The number of alkyl halides is 9. The lowest BCUT2D eigenvalue weighted by molar-refractivity contribution is 0.187. The van der Waals surface area contributed by atoms with Crippen LogP contribution in [0.25, 0.3) is 0 Å². The largest absolute Gasteiger partial charge is 0.360 e. The van der Waals surface area contributed by atoms with Crippen LogP contribution < -0.4 is 0 Å². The standard InChI is InChI=1S/C4HCl9O/c5-1(6,3(9,10)11)2(7,8)4(12,13)14/h14H. The van der Waals surface area contributed by atoms with Gasteiger partial charge in [0.15, 0.2) is 0 Å². The van der Waals surface area contributed by atoms with E-state index in [-0.39, 0.29) is 0 Å². The summed E-state index contributed by atoms with van der Waals surface area (Å²) in [6, 6.07) is 0. The molecule has 0 aliphatic carbocycles. The molecule has 0 fully saturated rings. The first-order valence-corrected chi connectivity index (χ1v) is 6.08. The zero-order chi connectivity index (χ0) is 12.0. The summed E-state index contributed by atoms with van der Waals surface area (Å²) in [5.41, 5.74) is 0. The normalized spacial score (nSPS) is 15.9. The molecule has 0 saturated carbocycles. The SMILES string of the molecule is OC(Cl)(Cl)C(Cl)(Cl)C(Cl)(Cl)C(Cl)(Cl)Cl. The topological polar surface area (TPSA) is 20.2 Å². The molecule has 0 aromatic heterocycles. The van der Waals surface area contributed by atoms with Gasteiger partial charge in [0.1, 0.15) is 0 Å². The predicted octanol–water partition coefficient (Wildman–Crippen LogP) is 4.83. The van der Waals surface area contributed by atoms with Gasteiger partial charge < -0.3 is 5.11 Å². The second-order valence-corrected chi connectivity index (χ2v) is 8.41. The van der Waals surface area contributed by atoms with Crippen molar-refractivity contribution in [2.45, 2.75) is 17.0 Å². The third kappa shape index (κ3) is 3.07. The van der Waals surface area contributed by atoms with E-state index in [0.29, 0.717) is 0 Å². The molecule has 0 bridgehead atoms. The second kappa shape index (κ2) is 4.68. The van der Waals surface area contributed by atoms with Gasteiger partial charge in [-0.25, -0.2) is 0 Å². The third-order valence-corrected chi connectivity index (χ3v) is 6.15. The van der Waals surface area contributed by atoms with Gasteiger partial charge in [-0.05, 0) is 0 Å². The van der Waals surface area contributed by atoms with Gasteiger partial charge in [0, 0.05) is 0 Å². The molecule has 0 unspecified atom stereocenters. The van der Waals surface area contributed by atoms with Crippen LogP contribution in [0.3, 0.4) is 0 Å². The lowest BCUT2D eigenvalue weighted by Gasteiger charge is -2.41. The van der Waals surface area contributed by atoms with Crippen LogP contribution in [0.2, 0.25) is 0 Å². The average Bonchev–Trinajstić information content (AvgIpc) is 1.81. The molecule has 0 saturated heterocycles. The van der Waals surface area contributed by atoms with Crippen LogP contribution >= 0.6 is 104 Å². The Labute approximate surface area is 125 Å². The van der Waals surface area contributed by atoms with E-state index < -0.39 is 17.0 Å². The van der Waals surface area contributed by atoms with E-state index >= 15 is 0 Å². The number of aliphatic hydroxyl groups is 1. The van der Waals surface area contributed by atoms with Gasteiger partial charge in [-0.15, -0.1) is 0 Å². The molecule has 0 spiro atoms. The molecule has 1 N–H and O–H groups in total. The van der Waals surface area contributed by atoms with Crippen LogP contribution in [0.4, 0.5) is 0 Å². The van der Waals surface area contributed by atoms with Crippen LogP contribution in [-0.2, 0) is 0 Å². The first kappa shape index (κ1) is 16.6. The molecule has 0 amide bonds. The number of hydrogen-bond donors (Lipinski definition) is 1. The molecule has 1 nitrogen and oxygen atoms in total. The summed E-state index contributed by atoms with van der Waals surface area (Å²) in [6.45, 7) is 0.